The van der Waals surface area contributed by atoms with Crippen LogP contribution in [0.15, 0.2) is 66.7 Å². The predicted octanol–water partition coefficient (Wildman–Crippen LogP) is 4.69. The Labute approximate surface area is 186 Å². The molecule has 0 saturated carbocycles. The SMILES string of the molecule is O=C(c1cccc(F)c1)N1CCS[C@@]12C(=O)N(Cc1ccc(F)c(F)c1)c1ccccc12. The Hall–Kier alpha value is -3.26. The number of hydrogen-bond acceptors (Lipinski definition) is 3. The Kier molecular flexibility index (Phi) is 4.97. The summed E-state index contributed by atoms with van der Waals surface area (Å²) >= 11 is 1.34. The van der Waals surface area contributed by atoms with Crippen LogP contribution in [0.3, 0.4) is 0 Å². The van der Waals surface area contributed by atoms with E-state index in [4.69, 9.17) is 0 Å². The molecule has 1 spiro atoms. The van der Waals surface area contributed by atoms with Gasteiger partial charge in [0.15, 0.2) is 16.5 Å². The second-order valence-electron chi connectivity index (χ2n) is 7.62. The predicted molar refractivity (Wildman–Crippen MR) is 116 cm³/mol. The van der Waals surface area contributed by atoms with Crippen LogP contribution >= 0.6 is 11.8 Å². The summed E-state index contributed by atoms with van der Waals surface area (Å²) < 4.78 is 40.9. The molecule has 5 rings (SSSR count). The topological polar surface area (TPSA) is 40.6 Å². The largest absolute Gasteiger partial charge is 0.311 e. The molecule has 0 aromatic heterocycles. The molecule has 1 saturated heterocycles. The van der Waals surface area contributed by atoms with Crippen LogP contribution in [-0.2, 0) is 16.2 Å². The summed E-state index contributed by atoms with van der Waals surface area (Å²) in [5.41, 5.74) is 1.85. The van der Waals surface area contributed by atoms with Gasteiger partial charge in [-0.3, -0.25) is 9.59 Å². The zero-order chi connectivity index (χ0) is 22.5. The fraction of sp³-hybridized carbons (Fsp3) is 0.167. The third-order valence-electron chi connectivity index (χ3n) is 5.74. The summed E-state index contributed by atoms with van der Waals surface area (Å²) in [6.07, 6.45) is 0. The first-order chi connectivity index (χ1) is 15.4. The Morgan fingerprint density at radius 1 is 0.969 bits per heavy atom. The zero-order valence-corrected chi connectivity index (χ0v) is 17.5. The average Bonchev–Trinajstić information content (AvgIpc) is 3.33. The number of nitrogens with zero attached hydrogens (tertiary/aromatic N) is 2. The van der Waals surface area contributed by atoms with E-state index >= 15 is 0 Å². The second-order valence-corrected chi connectivity index (χ2v) is 8.90. The molecule has 2 amide bonds. The van der Waals surface area contributed by atoms with Crippen LogP contribution in [0.4, 0.5) is 18.9 Å². The molecule has 2 aliphatic heterocycles. The van der Waals surface area contributed by atoms with Crippen molar-refractivity contribution >= 4 is 29.3 Å². The Morgan fingerprint density at radius 2 is 1.78 bits per heavy atom. The molecule has 8 heteroatoms. The highest BCUT2D eigenvalue weighted by Gasteiger charge is 2.59. The van der Waals surface area contributed by atoms with Gasteiger partial charge in [0.2, 0.25) is 0 Å². The van der Waals surface area contributed by atoms with Gasteiger partial charge in [-0.1, -0.05) is 30.3 Å². The molecule has 1 fully saturated rings. The van der Waals surface area contributed by atoms with Crippen LogP contribution in [-0.4, -0.2) is 29.0 Å². The van der Waals surface area contributed by atoms with Crippen molar-refractivity contribution in [1.82, 2.24) is 4.90 Å². The fourth-order valence-corrected chi connectivity index (χ4v) is 5.78. The van der Waals surface area contributed by atoms with Gasteiger partial charge in [-0.05, 0) is 42.0 Å². The monoisotopic (exact) mass is 454 g/mol. The van der Waals surface area contributed by atoms with Gasteiger partial charge in [0.25, 0.3) is 11.8 Å². The maximum Gasteiger partial charge on any atom is 0.268 e. The van der Waals surface area contributed by atoms with Crippen LogP contribution in [0.25, 0.3) is 0 Å². The third kappa shape index (κ3) is 3.09. The Bertz CT molecular complexity index is 1250. The molecule has 2 heterocycles. The normalized spacial score (nSPS) is 19.7. The minimum absolute atomic E-state index is 0.0252. The number of thioether (sulfide) groups is 1. The van der Waals surface area contributed by atoms with E-state index in [-0.39, 0.29) is 18.0 Å². The van der Waals surface area contributed by atoms with Crippen molar-refractivity contribution in [2.75, 3.05) is 17.2 Å². The molecule has 32 heavy (non-hydrogen) atoms. The number of halogens is 3. The molecule has 0 aliphatic carbocycles. The van der Waals surface area contributed by atoms with Gasteiger partial charge < -0.3 is 9.80 Å². The number of amides is 2. The van der Waals surface area contributed by atoms with Gasteiger partial charge in [-0.25, -0.2) is 13.2 Å². The number of benzene rings is 3. The van der Waals surface area contributed by atoms with Crippen molar-refractivity contribution < 1.29 is 22.8 Å². The van der Waals surface area contributed by atoms with Gasteiger partial charge in [-0.2, -0.15) is 0 Å². The second kappa shape index (κ2) is 7.70. The number of rotatable bonds is 3. The third-order valence-corrected chi connectivity index (χ3v) is 7.16. The highest BCUT2D eigenvalue weighted by molar-refractivity contribution is 8.01. The molecule has 2 aliphatic rings. The number of para-hydroxylation sites is 1. The zero-order valence-electron chi connectivity index (χ0n) is 16.7. The first-order valence-corrected chi connectivity index (χ1v) is 11.0. The van der Waals surface area contributed by atoms with Crippen LogP contribution < -0.4 is 4.90 Å². The molecule has 4 nitrogen and oxygen atoms in total. The van der Waals surface area contributed by atoms with E-state index in [2.05, 4.69) is 0 Å². The van der Waals surface area contributed by atoms with Crippen molar-refractivity contribution in [1.29, 1.82) is 0 Å². The summed E-state index contributed by atoms with van der Waals surface area (Å²) in [5, 5.41) is 0. The molecule has 3 aromatic carbocycles. The van der Waals surface area contributed by atoms with Crippen molar-refractivity contribution in [2.24, 2.45) is 0 Å². The van der Waals surface area contributed by atoms with E-state index in [0.29, 0.717) is 29.1 Å². The highest BCUT2D eigenvalue weighted by Crippen LogP contribution is 2.54. The van der Waals surface area contributed by atoms with Crippen LogP contribution in [0.5, 0.6) is 0 Å². The summed E-state index contributed by atoms with van der Waals surface area (Å²) in [5.74, 6) is -2.73. The first kappa shape index (κ1) is 20.6. The van der Waals surface area contributed by atoms with Crippen molar-refractivity contribution in [3.8, 4) is 0 Å². The molecule has 0 bridgehead atoms. The molecule has 3 aromatic rings. The molecule has 0 N–H and O–H groups in total. The van der Waals surface area contributed by atoms with E-state index in [1.165, 1.54) is 45.8 Å². The lowest BCUT2D eigenvalue weighted by atomic mass is 10.0. The molecule has 162 valence electrons. The van der Waals surface area contributed by atoms with E-state index in [1.54, 1.807) is 24.3 Å². The number of carbonyl (C=O) groups is 2. The van der Waals surface area contributed by atoms with Gasteiger partial charge in [0.1, 0.15) is 5.82 Å². The quantitative estimate of drug-likeness (QED) is 0.577. The van der Waals surface area contributed by atoms with E-state index in [9.17, 15) is 22.8 Å². The standard InChI is InChI=1S/C24H17F3N2O2S/c25-17-5-3-4-16(13-17)22(30)29-10-11-32-24(29)18-6-1-2-7-21(18)28(23(24)31)14-15-8-9-19(26)20(27)12-15/h1-9,12-13H,10-11,14H2/t24-/m0/s1. The van der Waals surface area contributed by atoms with Gasteiger partial charge in [0.05, 0.1) is 12.2 Å². The maximum atomic E-state index is 13.8. The van der Waals surface area contributed by atoms with Gasteiger partial charge >= 0.3 is 0 Å². The molecule has 0 radical (unpaired) electrons. The fourth-order valence-electron chi connectivity index (χ4n) is 4.32. The van der Waals surface area contributed by atoms with Gasteiger partial charge in [0, 0.05) is 23.4 Å². The number of anilines is 1. The summed E-state index contributed by atoms with van der Waals surface area (Å²) in [4.78, 5) is 28.9. The molecule has 0 unspecified atom stereocenters. The van der Waals surface area contributed by atoms with Crippen molar-refractivity contribution in [3.05, 3.63) is 101 Å². The first-order valence-electron chi connectivity index (χ1n) is 9.99. The smallest absolute Gasteiger partial charge is 0.268 e. The lowest BCUT2D eigenvalue weighted by Crippen LogP contribution is -2.50. The number of carbonyl (C=O) groups excluding carboxylic acids is 2. The molecular formula is C24H17F3N2O2S. The van der Waals surface area contributed by atoms with Crippen molar-refractivity contribution in [2.45, 2.75) is 11.4 Å². The molecule has 1 atom stereocenters. The average molecular weight is 454 g/mol. The van der Waals surface area contributed by atoms with Crippen LogP contribution in [0.1, 0.15) is 21.5 Å². The number of hydrogen-bond donors (Lipinski definition) is 0. The van der Waals surface area contributed by atoms with E-state index < -0.39 is 28.2 Å². The van der Waals surface area contributed by atoms with Crippen molar-refractivity contribution in [3.63, 3.8) is 0 Å². The van der Waals surface area contributed by atoms with E-state index in [1.807, 2.05) is 0 Å². The highest BCUT2D eigenvalue weighted by atomic mass is 32.2. The number of fused-ring (bicyclic) bond motifs is 2. The van der Waals surface area contributed by atoms with Crippen LogP contribution in [0, 0.1) is 17.5 Å². The van der Waals surface area contributed by atoms with Crippen LogP contribution in [0.2, 0.25) is 0 Å². The lowest BCUT2D eigenvalue weighted by molar-refractivity contribution is -0.123. The summed E-state index contributed by atoms with van der Waals surface area (Å²) in [6, 6.07) is 16.0. The molecular weight excluding hydrogens is 437 g/mol. The maximum absolute atomic E-state index is 13.8. The Morgan fingerprint density at radius 3 is 2.56 bits per heavy atom. The van der Waals surface area contributed by atoms with E-state index in [0.717, 1.165) is 18.2 Å². The minimum Gasteiger partial charge on any atom is -0.311 e. The lowest BCUT2D eigenvalue weighted by Gasteiger charge is -2.33. The minimum atomic E-state index is -1.29. The van der Waals surface area contributed by atoms with Gasteiger partial charge in [-0.15, -0.1) is 11.8 Å². The Balaban J connectivity index is 1.57. The summed E-state index contributed by atoms with van der Waals surface area (Å²) in [6.45, 7) is 0.344. The summed E-state index contributed by atoms with van der Waals surface area (Å²) in [7, 11) is 0.